The Labute approximate surface area is 164 Å². The van der Waals surface area contributed by atoms with Crippen molar-refractivity contribution in [3.05, 3.63) is 0 Å². The molecule has 0 spiro atoms. The van der Waals surface area contributed by atoms with Gasteiger partial charge in [-0.2, -0.15) is 0 Å². The molecular formula is C21H37N3O3. The van der Waals surface area contributed by atoms with E-state index in [-0.39, 0.29) is 17.4 Å². The molecule has 154 valence electrons. The molecular weight excluding hydrogens is 342 g/mol. The Bertz CT molecular complexity index is 531. The van der Waals surface area contributed by atoms with E-state index in [0.29, 0.717) is 31.4 Å². The third kappa shape index (κ3) is 4.32. The minimum Gasteiger partial charge on any atom is -0.383 e. The van der Waals surface area contributed by atoms with E-state index in [1.54, 1.807) is 7.11 Å². The monoisotopic (exact) mass is 379 g/mol. The summed E-state index contributed by atoms with van der Waals surface area (Å²) in [7, 11) is 1.67. The smallest absolute Gasteiger partial charge is 0.230 e. The van der Waals surface area contributed by atoms with Gasteiger partial charge in [0, 0.05) is 58.8 Å². The van der Waals surface area contributed by atoms with Gasteiger partial charge in [0.2, 0.25) is 11.8 Å². The number of ether oxygens (including phenoxy) is 1. The molecule has 2 heterocycles. The van der Waals surface area contributed by atoms with Gasteiger partial charge in [-0.05, 0) is 25.2 Å². The summed E-state index contributed by atoms with van der Waals surface area (Å²) in [6.07, 6.45) is 5.32. The Kier molecular flexibility index (Phi) is 6.79. The third-order valence-electron chi connectivity index (χ3n) is 6.71. The molecule has 1 aliphatic carbocycles. The molecule has 0 radical (unpaired) electrons. The fourth-order valence-corrected chi connectivity index (χ4v) is 5.41. The minimum absolute atomic E-state index is 0.0591. The van der Waals surface area contributed by atoms with Gasteiger partial charge >= 0.3 is 0 Å². The molecule has 2 amide bonds. The van der Waals surface area contributed by atoms with Gasteiger partial charge in [-0.3, -0.25) is 14.5 Å². The van der Waals surface area contributed by atoms with Crippen molar-refractivity contribution in [1.82, 2.24) is 14.7 Å². The Morgan fingerprint density at radius 3 is 2.59 bits per heavy atom. The number of hydrogen-bond donors (Lipinski definition) is 0. The number of carbonyl (C=O) groups excluding carboxylic acids is 2. The lowest BCUT2D eigenvalue weighted by molar-refractivity contribution is -0.163. The van der Waals surface area contributed by atoms with Crippen molar-refractivity contribution in [2.24, 2.45) is 11.3 Å². The summed E-state index contributed by atoms with van der Waals surface area (Å²) in [6.45, 7) is 10.3. The molecule has 0 N–H and O–H groups in total. The highest BCUT2D eigenvalue weighted by Gasteiger charge is 2.54. The first-order valence-corrected chi connectivity index (χ1v) is 10.8. The van der Waals surface area contributed by atoms with Crippen molar-refractivity contribution in [2.45, 2.75) is 58.4 Å². The van der Waals surface area contributed by atoms with Crippen LogP contribution in [-0.2, 0) is 14.3 Å². The minimum atomic E-state index is -0.361. The third-order valence-corrected chi connectivity index (χ3v) is 6.71. The summed E-state index contributed by atoms with van der Waals surface area (Å²) in [5, 5.41) is 0. The Balaban J connectivity index is 1.72. The van der Waals surface area contributed by atoms with E-state index < -0.39 is 0 Å². The van der Waals surface area contributed by atoms with Gasteiger partial charge in [-0.1, -0.05) is 26.7 Å². The molecule has 3 rings (SSSR count). The van der Waals surface area contributed by atoms with Crippen LogP contribution in [0.3, 0.4) is 0 Å². The quantitative estimate of drug-likeness (QED) is 0.708. The zero-order valence-corrected chi connectivity index (χ0v) is 17.4. The van der Waals surface area contributed by atoms with Crippen molar-refractivity contribution in [1.29, 1.82) is 0 Å². The summed E-state index contributed by atoms with van der Waals surface area (Å²) in [5.41, 5.74) is -0.361. The van der Waals surface area contributed by atoms with Gasteiger partial charge in [0.25, 0.3) is 0 Å². The molecule has 2 saturated heterocycles. The molecule has 3 fully saturated rings. The van der Waals surface area contributed by atoms with E-state index >= 15 is 0 Å². The summed E-state index contributed by atoms with van der Waals surface area (Å²) in [6, 6.07) is 0.0591. The predicted molar refractivity (Wildman–Crippen MR) is 105 cm³/mol. The van der Waals surface area contributed by atoms with Crippen LogP contribution in [0.15, 0.2) is 0 Å². The SMILES string of the molecule is COCCN1C(=O)CC[C@]2(C(=O)N3CCN(CC(C)C)CC3)CCCC[C@@H]12. The van der Waals surface area contributed by atoms with Crippen LogP contribution in [0.1, 0.15) is 52.4 Å². The Morgan fingerprint density at radius 2 is 1.93 bits per heavy atom. The first-order valence-electron chi connectivity index (χ1n) is 10.8. The van der Waals surface area contributed by atoms with E-state index in [9.17, 15) is 9.59 Å². The van der Waals surface area contributed by atoms with E-state index in [0.717, 1.165) is 64.8 Å². The summed E-state index contributed by atoms with van der Waals surface area (Å²) < 4.78 is 5.23. The molecule has 6 nitrogen and oxygen atoms in total. The number of rotatable bonds is 6. The van der Waals surface area contributed by atoms with Crippen LogP contribution >= 0.6 is 0 Å². The van der Waals surface area contributed by atoms with Crippen LogP contribution in [-0.4, -0.2) is 85.5 Å². The van der Waals surface area contributed by atoms with Crippen molar-refractivity contribution >= 4 is 11.8 Å². The Morgan fingerprint density at radius 1 is 1.19 bits per heavy atom. The van der Waals surface area contributed by atoms with Gasteiger partial charge < -0.3 is 14.5 Å². The molecule has 3 aliphatic rings. The van der Waals surface area contributed by atoms with Crippen LogP contribution < -0.4 is 0 Å². The summed E-state index contributed by atoms with van der Waals surface area (Å²) in [5.74, 6) is 1.17. The van der Waals surface area contributed by atoms with E-state index in [2.05, 4.69) is 23.6 Å². The van der Waals surface area contributed by atoms with Crippen molar-refractivity contribution in [3.63, 3.8) is 0 Å². The van der Waals surface area contributed by atoms with Gasteiger partial charge in [-0.15, -0.1) is 0 Å². The number of piperazine rings is 1. The first-order chi connectivity index (χ1) is 13.0. The topological polar surface area (TPSA) is 53.1 Å². The normalized spacial score (nSPS) is 29.9. The standard InChI is InChI=1S/C21H37N3O3/c1-17(2)16-22-10-12-23(13-11-22)20(26)21-8-5-4-6-18(21)24(14-15-27-3)19(25)7-9-21/h17-18H,4-16H2,1-3H3/t18-,21-/m1/s1. The number of nitrogens with zero attached hydrogens (tertiary/aromatic N) is 3. The summed E-state index contributed by atoms with van der Waals surface area (Å²) in [4.78, 5) is 32.8. The Hall–Kier alpha value is -1.14. The lowest BCUT2D eigenvalue weighted by Crippen LogP contribution is -2.64. The zero-order valence-electron chi connectivity index (χ0n) is 17.4. The molecule has 0 bridgehead atoms. The van der Waals surface area contributed by atoms with Gasteiger partial charge in [-0.25, -0.2) is 0 Å². The lowest BCUT2D eigenvalue weighted by Gasteiger charge is -2.53. The number of piperidine rings is 1. The number of methoxy groups -OCH3 is 1. The highest BCUT2D eigenvalue weighted by atomic mass is 16.5. The second-order valence-corrected chi connectivity index (χ2v) is 8.98. The van der Waals surface area contributed by atoms with Crippen LogP contribution in [0, 0.1) is 11.3 Å². The lowest BCUT2D eigenvalue weighted by atomic mass is 9.64. The van der Waals surface area contributed by atoms with Crippen LogP contribution in [0.25, 0.3) is 0 Å². The van der Waals surface area contributed by atoms with Crippen LogP contribution in [0.5, 0.6) is 0 Å². The molecule has 6 heteroatoms. The van der Waals surface area contributed by atoms with Gasteiger partial charge in [0.15, 0.2) is 0 Å². The molecule has 0 unspecified atom stereocenters. The predicted octanol–water partition coefficient (Wildman–Crippen LogP) is 1.98. The van der Waals surface area contributed by atoms with Crippen LogP contribution in [0.2, 0.25) is 0 Å². The fourth-order valence-electron chi connectivity index (χ4n) is 5.41. The maximum Gasteiger partial charge on any atom is 0.230 e. The molecule has 27 heavy (non-hydrogen) atoms. The summed E-state index contributed by atoms with van der Waals surface area (Å²) >= 11 is 0. The molecule has 0 aromatic carbocycles. The van der Waals surface area contributed by atoms with Crippen LogP contribution in [0.4, 0.5) is 0 Å². The maximum absolute atomic E-state index is 13.7. The second kappa shape index (κ2) is 8.91. The number of hydrogen-bond acceptors (Lipinski definition) is 4. The molecule has 0 aromatic heterocycles. The van der Waals surface area contributed by atoms with E-state index in [4.69, 9.17) is 4.74 Å². The van der Waals surface area contributed by atoms with Crippen molar-refractivity contribution in [2.75, 3.05) is 53.0 Å². The van der Waals surface area contributed by atoms with Gasteiger partial charge in [0.05, 0.1) is 12.0 Å². The average Bonchev–Trinajstić information content (AvgIpc) is 2.67. The number of amides is 2. The molecule has 2 atom stereocenters. The maximum atomic E-state index is 13.7. The molecule has 0 aromatic rings. The zero-order chi connectivity index (χ0) is 19.4. The van der Waals surface area contributed by atoms with E-state index in [1.165, 1.54) is 0 Å². The highest BCUT2D eigenvalue weighted by molar-refractivity contribution is 5.88. The van der Waals surface area contributed by atoms with Gasteiger partial charge in [0.1, 0.15) is 0 Å². The van der Waals surface area contributed by atoms with Crippen molar-refractivity contribution in [3.8, 4) is 0 Å². The highest BCUT2D eigenvalue weighted by Crippen LogP contribution is 2.47. The molecule has 1 saturated carbocycles. The first kappa shape index (κ1) is 20.6. The van der Waals surface area contributed by atoms with E-state index in [1.807, 2.05) is 4.90 Å². The largest absolute Gasteiger partial charge is 0.383 e. The average molecular weight is 380 g/mol. The number of likely N-dealkylation sites (tertiary alicyclic amines) is 1. The number of fused-ring (bicyclic) bond motifs is 1. The fraction of sp³-hybridized carbons (Fsp3) is 0.905. The second-order valence-electron chi connectivity index (χ2n) is 8.98. The van der Waals surface area contributed by atoms with Crippen molar-refractivity contribution < 1.29 is 14.3 Å². The molecule has 2 aliphatic heterocycles. The number of carbonyl (C=O) groups is 2.